The number of aromatic nitrogens is 5. The van der Waals surface area contributed by atoms with Crippen LogP contribution in [0.5, 0.6) is 0 Å². The van der Waals surface area contributed by atoms with Crippen LogP contribution in [0, 0.1) is 0 Å². The van der Waals surface area contributed by atoms with Crippen molar-refractivity contribution in [1.29, 1.82) is 0 Å². The summed E-state index contributed by atoms with van der Waals surface area (Å²) < 4.78 is 8.08. The fourth-order valence-electron chi connectivity index (χ4n) is 3.20. The highest BCUT2D eigenvalue weighted by Gasteiger charge is 2.25. The van der Waals surface area contributed by atoms with Gasteiger partial charge in [-0.3, -0.25) is 9.48 Å². The van der Waals surface area contributed by atoms with E-state index >= 15 is 0 Å². The third kappa shape index (κ3) is 3.19. The molecule has 3 aromatic rings. The van der Waals surface area contributed by atoms with Gasteiger partial charge in [0.1, 0.15) is 12.7 Å². The molecule has 1 aromatic carbocycles. The molecule has 1 aliphatic heterocycles. The van der Waals surface area contributed by atoms with Crippen LogP contribution in [0.4, 0.5) is 0 Å². The topological polar surface area (TPSA) is 95.1 Å². The van der Waals surface area contributed by atoms with Gasteiger partial charge in [-0.05, 0) is 24.6 Å². The number of ether oxygens (including phenoxy) is 1. The van der Waals surface area contributed by atoms with Gasteiger partial charge >= 0.3 is 5.97 Å². The van der Waals surface area contributed by atoms with Crippen LogP contribution in [0.3, 0.4) is 0 Å². The molecule has 9 nitrogen and oxygen atoms in total. The molecule has 2 aromatic heterocycles. The Morgan fingerprint density at radius 3 is 2.81 bits per heavy atom. The van der Waals surface area contributed by atoms with Crippen molar-refractivity contribution in [1.82, 2.24) is 29.4 Å². The summed E-state index contributed by atoms with van der Waals surface area (Å²) in [4.78, 5) is 30.7. The minimum atomic E-state index is -0.482. The smallest absolute Gasteiger partial charge is 0.358 e. The van der Waals surface area contributed by atoms with Gasteiger partial charge in [0.05, 0.1) is 30.6 Å². The lowest BCUT2D eigenvalue weighted by Crippen LogP contribution is -2.31. The van der Waals surface area contributed by atoms with Crippen molar-refractivity contribution >= 4 is 11.9 Å². The third-order valence-electron chi connectivity index (χ3n) is 4.50. The van der Waals surface area contributed by atoms with E-state index in [2.05, 4.69) is 15.2 Å². The molecule has 138 valence electrons. The fraction of sp³-hybridized carbons (Fsp3) is 0.278. The average Bonchev–Trinajstić information content (AvgIpc) is 3.33. The molecule has 1 amide bonds. The maximum Gasteiger partial charge on any atom is 0.358 e. The Morgan fingerprint density at radius 1 is 1.19 bits per heavy atom. The molecule has 9 heteroatoms. The van der Waals surface area contributed by atoms with Crippen LogP contribution in [0.2, 0.25) is 0 Å². The van der Waals surface area contributed by atoms with E-state index in [1.807, 2.05) is 18.2 Å². The molecule has 0 saturated heterocycles. The van der Waals surface area contributed by atoms with Gasteiger partial charge in [0.2, 0.25) is 0 Å². The monoisotopic (exact) mass is 366 g/mol. The number of carbonyl (C=O) groups is 2. The number of carbonyl (C=O) groups excluding carboxylic acids is 2. The summed E-state index contributed by atoms with van der Waals surface area (Å²) in [5.41, 5.74) is 2.28. The van der Waals surface area contributed by atoms with E-state index < -0.39 is 5.97 Å². The van der Waals surface area contributed by atoms with E-state index in [0.29, 0.717) is 30.9 Å². The lowest BCUT2D eigenvalue weighted by Gasteiger charge is -2.21. The van der Waals surface area contributed by atoms with Crippen LogP contribution < -0.4 is 0 Å². The molecular formula is C18H18N6O3. The van der Waals surface area contributed by atoms with Gasteiger partial charge in [-0.25, -0.2) is 14.5 Å². The van der Waals surface area contributed by atoms with E-state index in [1.54, 1.807) is 32.7 Å². The minimum absolute atomic E-state index is 0.102. The average molecular weight is 366 g/mol. The summed E-state index contributed by atoms with van der Waals surface area (Å²) >= 11 is 0. The zero-order valence-electron chi connectivity index (χ0n) is 14.8. The molecule has 0 N–H and O–H groups in total. The molecule has 3 heterocycles. The molecule has 0 atom stereocenters. The maximum atomic E-state index is 13.2. The predicted molar refractivity (Wildman–Crippen MR) is 94.3 cm³/mol. The Bertz CT molecular complexity index is 979. The highest BCUT2D eigenvalue weighted by Crippen LogP contribution is 2.20. The van der Waals surface area contributed by atoms with Gasteiger partial charge in [-0.1, -0.05) is 12.1 Å². The zero-order chi connectivity index (χ0) is 18.8. The second kappa shape index (κ2) is 7.02. The zero-order valence-corrected chi connectivity index (χ0v) is 14.8. The van der Waals surface area contributed by atoms with Gasteiger partial charge < -0.3 is 9.64 Å². The second-order valence-electron chi connectivity index (χ2n) is 6.17. The van der Waals surface area contributed by atoms with Crippen molar-refractivity contribution in [3.05, 3.63) is 59.9 Å². The Hall–Kier alpha value is -3.49. The SMILES string of the molecule is COC(=O)c1cc2n(n1)CCCN(C(=O)c1ccccc1-n1cncn1)C2. The number of hydrogen-bond acceptors (Lipinski definition) is 6. The van der Waals surface area contributed by atoms with Crippen molar-refractivity contribution in [3.63, 3.8) is 0 Å². The maximum absolute atomic E-state index is 13.2. The molecule has 0 radical (unpaired) electrons. The third-order valence-corrected chi connectivity index (χ3v) is 4.50. The molecule has 0 fully saturated rings. The molecule has 0 aliphatic carbocycles. The number of methoxy groups -OCH3 is 1. The summed E-state index contributed by atoms with van der Waals surface area (Å²) in [7, 11) is 1.32. The van der Waals surface area contributed by atoms with Crippen LogP contribution in [0.1, 0.15) is 33.0 Å². The molecule has 1 aliphatic rings. The summed E-state index contributed by atoms with van der Waals surface area (Å²) in [6, 6.07) is 8.97. The van der Waals surface area contributed by atoms with Crippen molar-refractivity contribution in [2.24, 2.45) is 0 Å². The Balaban J connectivity index is 1.64. The summed E-state index contributed by atoms with van der Waals surface area (Å²) in [5.74, 6) is -0.583. The van der Waals surface area contributed by atoms with Crippen LogP contribution in [0.15, 0.2) is 43.0 Å². The van der Waals surface area contributed by atoms with Gasteiger partial charge in [0.25, 0.3) is 5.91 Å². The van der Waals surface area contributed by atoms with Crippen molar-refractivity contribution in [2.75, 3.05) is 13.7 Å². The van der Waals surface area contributed by atoms with E-state index in [-0.39, 0.29) is 11.6 Å². The quantitative estimate of drug-likeness (QED) is 0.649. The molecule has 0 saturated carbocycles. The van der Waals surface area contributed by atoms with Crippen LogP contribution in [0.25, 0.3) is 5.69 Å². The van der Waals surface area contributed by atoms with Crippen LogP contribution in [-0.2, 0) is 17.8 Å². The lowest BCUT2D eigenvalue weighted by atomic mass is 10.1. The van der Waals surface area contributed by atoms with E-state index in [1.165, 1.54) is 13.4 Å². The first kappa shape index (κ1) is 17.0. The van der Waals surface area contributed by atoms with Crippen molar-refractivity contribution < 1.29 is 14.3 Å². The number of fused-ring (bicyclic) bond motifs is 1. The fourth-order valence-corrected chi connectivity index (χ4v) is 3.20. The minimum Gasteiger partial charge on any atom is -0.464 e. The van der Waals surface area contributed by atoms with Gasteiger partial charge in [-0.2, -0.15) is 10.2 Å². The summed E-state index contributed by atoms with van der Waals surface area (Å²) in [5, 5.41) is 8.42. The number of esters is 1. The van der Waals surface area contributed by atoms with E-state index in [9.17, 15) is 9.59 Å². The Labute approximate surface area is 155 Å². The largest absolute Gasteiger partial charge is 0.464 e. The second-order valence-corrected chi connectivity index (χ2v) is 6.17. The standard InChI is InChI=1S/C18H18N6O3/c1-27-18(26)15-9-13-10-22(7-4-8-23(13)21-15)17(25)14-5-2-3-6-16(14)24-12-19-11-20-24/h2-3,5-6,9,11-12H,4,7-8,10H2,1H3. The number of nitrogens with zero attached hydrogens (tertiary/aromatic N) is 6. The van der Waals surface area contributed by atoms with Crippen molar-refractivity contribution in [2.45, 2.75) is 19.5 Å². The van der Waals surface area contributed by atoms with Crippen LogP contribution in [-0.4, -0.2) is 55.0 Å². The van der Waals surface area contributed by atoms with Crippen LogP contribution >= 0.6 is 0 Å². The number of rotatable bonds is 3. The van der Waals surface area contributed by atoms with E-state index in [4.69, 9.17) is 4.74 Å². The normalized spacial score (nSPS) is 13.7. The molecule has 0 unspecified atom stereocenters. The van der Waals surface area contributed by atoms with Gasteiger partial charge in [-0.15, -0.1) is 0 Å². The summed E-state index contributed by atoms with van der Waals surface area (Å²) in [6.07, 6.45) is 3.73. The Kier molecular flexibility index (Phi) is 4.41. The van der Waals surface area contributed by atoms with Gasteiger partial charge in [0, 0.05) is 13.1 Å². The molecular weight excluding hydrogens is 348 g/mol. The molecule has 0 spiro atoms. The first-order valence-electron chi connectivity index (χ1n) is 8.55. The highest BCUT2D eigenvalue weighted by atomic mass is 16.5. The van der Waals surface area contributed by atoms with E-state index in [0.717, 1.165) is 12.1 Å². The predicted octanol–water partition coefficient (Wildman–Crippen LogP) is 1.30. The first-order chi connectivity index (χ1) is 13.2. The number of para-hydroxylation sites is 1. The lowest BCUT2D eigenvalue weighted by molar-refractivity contribution is 0.0593. The van der Waals surface area contributed by atoms with Crippen molar-refractivity contribution in [3.8, 4) is 5.69 Å². The molecule has 27 heavy (non-hydrogen) atoms. The molecule has 4 rings (SSSR count). The molecule has 0 bridgehead atoms. The highest BCUT2D eigenvalue weighted by molar-refractivity contribution is 5.97. The number of aryl methyl sites for hydroxylation is 1. The summed E-state index contributed by atoms with van der Waals surface area (Å²) in [6.45, 7) is 1.61. The first-order valence-corrected chi connectivity index (χ1v) is 8.55. The number of benzene rings is 1. The van der Waals surface area contributed by atoms with Gasteiger partial charge in [0.15, 0.2) is 5.69 Å². The number of amides is 1. The number of hydrogen-bond donors (Lipinski definition) is 0. The Morgan fingerprint density at radius 2 is 2.04 bits per heavy atom.